The lowest BCUT2D eigenvalue weighted by Crippen LogP contribution is -2.18. The van der Waals surface area contributed by atoms with E-state index in [0.29, 0.717) is 0 Å². The molecule has 0 saturated heterocycles. The average Bonchev–Trinajstić information content (AvgIpc) is 2.86. The lowest BCUT2D eigenvalue weighted by atomic mass is 9.98. The summed E-state index contributed by atoms with van der Waals surface area (Å²) in [5.74, 6) is 0. The van der Waals surface area contributed by atoms with E-state index in [-0.39, 0.29) is 6.04 Å². The Kier molecular flexibility index (Phi) is 3.01. The molecule has 0 aliphatic carbocycles. The minimum absolute atomic E-state index is 0.0901. The molecular weight excluding hydrogens is 236 g/mol. The van der Waals surface area contributed by atoms with Crippen LogP contribution in [-0.2, 0) is 7.05 Å². The van der Waals surface area contributed by atoms with Crippen molar-refractivity contribution in [2.24, 2.45) is 7.05 Å². The van der Waals surface area contributed by atoms with Crippen LogP contribution in [0.3, 0.4) is 0 Å². The van der Waals surface area contributed by atoms with Crippen molar-refractivity contribution in [3.8, 4) is 0 Å². The second kappa shape index (κ2) is 4.82. The summed E-state index contributed by atoms with van der Waals surface area (Å²) in [7, 11) is 3.94. The maximum Gasteiger partial charge on any atom is 0.0947 e. The molecule has 1 N–H and O–H groups in total. The zero-order valence-corrected chi connectivity index (χ0v) is 11.0. The third-order valence-electron chi connectivity index (χ3n) is 3.33. The van der Waals surface area contributed by atoms with Gasteiger partial charge in [0.1, 0.15) is 0 Å². The van der Waals surface area contributed by atoms with Crippen molar-refractivity contribution in [1.29, 1.82) is 0 Å². The molecule has 0 aliphatic heterocycles. The van der Waals surface area contributed by atoms with E-state index in [1.165, 1.54) is 10.9 Å². The Bertz CT molecular complexity index is 697. The maximum atomic E-state index is 4.45. The summed E-state index contributed by atoms with van der Waals surface area (Å²) in [6.45, 7) is 0. The smallest absolute Gasteiger partial charge is 0.0947 e. The summed E-state index contributed by atoms with van der Waals surface area (Å²) in [6.07, 6.45) is 7.59. The number of benzene rings is 1. The van der Waals surface area contributed by atoms with E-state index >= 15 is 0 Å². The van der Waals surface area contributed by atoms with Gasteiger partial charge in [0.2, 0.25) is 0 Å². The first-order valence-corrected chi connectivity index (χ1v) is 6.27. The molecule has 2 aromatic heterocycles. The normalized spacial score (nSPS) is 12.7. The first-order chi connectivity index (χ1) is 9.29. The number of hydrogen-bond acceptors (Lipinski definition) is 3. The topological polar surface area (TPSA) is 42.7 Å². The molecule has 0 bridgehead atoms. The van der Waals surface area contributed by atoms with Gasteiger partial charge in [-0.15, -0.1) is 0 Å². The fourth-order valence-corrected chi connectivity index (χ4v) is 2.44. The maximum absolute atomic E-state index is 4.45. The molecule has 2 heterocycles. The first-order valence-electron chi connectivity index (χ1n) is 6.27. The van der Waals surface area contributed by atoms with E-state index in [9.17, 15) is 0 Å². The fourth-order valence-electron chi connectivity index (χ4n) is 2.44. The van der Waals surface area contributed by atoms with E-state index in [4.69, 9.17) is 0 Å². The van der Waals surface area contributed by atoms with Crippen LogP contribution in [0.25, 0.3) is 10.8 Å². The zero-order valence-electron chi connectivity index (χ0n) is 11.0. The highest BCUT2D eigenvalue weighted by Crippen LogP contribution is 2.27. The molecule has 19 heavy (non-hydrogen) atoms. The molecule has 0 saturated carbocycles. The predicted octanol–water partition coefficient (Wildman–Crippen LogP) is 2.28. The van der Waals surface area contributed by atoms with Crippen LogP contribution >= 0.6 is 0 Å². The number of rotatable bonds is 3. The Morgan fingerprint density at radius 3 is 2.89 bits per heavy atom. The van der Waals surface area contributed by atoms with Crippen molar-refractivity contribution >= 4 is 10.8 Å². The number of nitrogens with zero attached hydrogens (tertiary/aromatic N) is 3. The van der Waals surface area contributed by atoms with Crippen LogP contribution in [0.2, 0.25) is 0 Å². The molecule has 0 amide bonds. The Hall–Kier alpha value is -2.20. The number of imidazole rings is 1. The average molecular weight is 252 g/mol. The molecule has 0 spiro atoms. The van der Waals surface area contributed by atoms with Gasteiger partial charge in [-0.1, -0.05) is 18.2 Å². The molecule has 96 valence electrons. The number of aromatic nitrogens is 3. The Labute approximate surface area is 112 Å². The molecule has 1 aromatic carbocycles. The SMILES string of the molecule is CNC(c1cn(C)cn1)c1cccc2cnccc12. The van der Waals surface area contributed by atoms with Crippen molar-refractivity contribution in [3.63, 3.8) is 0 Å². The van der Waals surface area contributed by atoms with Gasteiger partial charge in [-0.2, -0.15) is 0 Å². The molecule has 0 aliphatic rings. The molecule has 0 fully saturated rings. The van der Waals surface area contributed by atoms with Crippen LogP contribution in [0, 0.1) is 0 Å². The molecule has 1 unspecified atom stereocenters. The van der Waals surface area contributed by atoms with Crippen LogP contribution in [0.1, 0.15) is 17.3 Å². The molecule has 3 rings (SSSR count). The fraction of sp³-hybridized carbons (Fsp3) is 0.200. The molecule has 0 radical (unpaired) electrons. The highest BCUT2D eigenvalue weighted by atomic mass is 15.0. The third kappa shape index (κ3) is 2.11. The Morgan fingerprint density at radius 1 is 1.26 bits per heavy atom. The van der Waals surface area contributed by atoms with Crippen LogP contribution < -0.4 is 5.32 Å². The summed E-state index contributed by atoms with van der Waals surface area (Å²) in [5, 5.41) is 5.70. The highest BCUT2D eigenvalue weighted by molar-refractivity contribution is 5.85. The standard InChI is InChI=1S/C15H16N4/c1-16-15(14-9-19(2)10-18-14)13-5-3-4-11-8-17-7-6-12(11)13/h3-10,15-16H,1-2H3. The number of nitrogens with one attached hydrogen (secondary N) is 1. The summed E-state index contributed by atoms with van der Waals surface area (Å²) in [6, 6.07) is 8.42. The van der Waals surface area contributed by atoms with E-state index < -0.39 is 0 Å². The van der Waals surface area contributed by atoms with Crippen LogP contribution in [0.15, 0.2) is 49.2 Å². The van der Waals surface area contributed by atoms with Gasteiger partial charge in [-0.25, -0.2) is 4.98 Å². The predicted molar refractivity (Wildman–Crippen MR) is 75.9 cm³/mol. The van der Waals surface area contributed by atoms with Gasteiger partial charge < -0.3 is 9.88 Å². The zero-order chi connectivity index (χ0) is 13.2. The molecule has 3 aromatic rings. The van der Waals surface area contributed by atoms with Gasteiger partial charge in [0.25, 0.3) is 0 Å². The second-order valence-corrected chi connectivity index (χ2v) is 4.63. The van der Waals surface area contributed by atoms with Crippen molar-refractivity contribution < 1.29 is 0 Å². The van der Waals surface area contributed by atoms with Gasteiger partial charge in [0, 0.05) is 31.0 Å². The molecule has 1 atom stereocenters. The number of pyridine rings is 1. The highest BCUT2D eigenvalue weighted by Gasteiger charge is 2.16. The van der Waals surface area contributed by atoms with Crippen molar-refractivity contribution in [3.05, 3.63) is 60.4 Å². The van der Waals surface area contributed by atoms with E-state index in [1.807, 2.05) is 43.6 Å². The minimum atomic E-state index is 0.0901. The monoisotopic (exact) mass is 252 g/mol. The van der Waals surface area contributed by atoms with E-state index in [1.54, 1.807) is 0 Å². The van der Waals surface area contributed by atoms with Gasteiger partial charge in [0.05, 0.1) is 18.1 Å². The Morgan fingerprint density at radius 2 is 2.16 bits per heavy atom. The van der Waals surface area contributed by atoms with E-state index in [2.05, 4.69) is 39.6 Å². The van der Waals surface area contributed by atoms with Crippen molar-refractivity contribution in [2.45, 2.75) is 6.04 Å². The van der Waals surface area contributed by atoms with E-state index in [0.717, 1.165) is 11.1 Å². The molecular formula is C15H16N4. The van der Waals surface area contributed by atoms with Crippen LogP contribution in [0.4, 0.5) is 0 Å². The number of aryl methyl sites for hydroxylation is 1. The summed E-state index contributed by atoms with van der Waals surface area (Å²) < 4.78 is 1.96. The lowest BCUT2D eigenvalue weighted by molar-refractivity contribution is 0.678. The summed E-state index contributed by atoms with van der Waals surface area (Å²) >= 11 is 0. The molecule has 4 heteroatoms. The molecule has 4 nitrogen and oxygen atoms in total. The first kappa shape index (κ1) is 11.9. The quantitative estimate of drug-likeness (QED) is 0.777. The van der Waals surface area contributed by atoms with Gasteiger partial charge in [-0.3, -0.25) is 4.98 Å². The van der Waals surface area contributed by atoms with Gasteiger partial charge in [-0.05, 0) is 24.1 Å². The number of fused-ring (bicyclic) bond motifs is 1. The van der Waals surface area contributed by atoms with Crippen molar-refractivity contribution in [1.82, 2.24) is 19.9 Å². The largest absolute Gasteiger partial charge is 0.340 e. The van der Waals surface area contributed by atoms with Crippen LogP contribution in [0.5, 0.6) is 0 Å². The summed E-state index contributed by atoms with van der Waals surface area (Å²) in [5.41, 5.74) is 2.25. The number of hydrogen-bond donors (Lipinski definition) is 1. The van der Waals surface area contributed by atoms with Crippen molar-refractivity contribution in [2.75, 3.05) is 7.05 Å². The lowest BCUT2D eigenvalue weighted by Gasteiger charge is -2.16. The second-order valence-electron chi connectivity index (χ2n) is 4.63. The van der Waals surface area contributed by atoms with Crippen LogP contribution in [-0.4, -0.2) is 21.6 Å². The third-order valence-corrected chi connectivity index (χ3v) is 3.33. The minimum Gasteiger partial charge on any atom is -0.340 e. The summed E-state index contributed by atoms with van der Waals surface area (Å²) in [4.78, 5) is 8.63. The van der Waals surface area contributed by atoms with Gasteiger partial charge in [0.15, 0.2) is 0 Å². The Balaban J connectivity index is 2.16. The van der Waals surface area contributed by atoms with Gasteiger partial charge >= 0.3 is 0 Å².